The largest absolute Gasteiger partial charge is 0.492 e. The highest BCUT2D eigenvalue weighted by atomic mass is 127. The van der Waals surface area contributed by atoms with Crippen molar-refractivity contribution >= 4 is 28.4 Å². The Morgan fingerprint density at radius 2 is 1.68 bits per heavy atom. The summed E-state index contributed by atoms with van der Waals surface area (Å²) in [5.41, 5.74) is 0.436. The Morgan fingerprint density at radius 1 is 1.21 bits per heavy atom. The first-order chi connectivity index (χ1) is 8.37. The summed E-state index contributed by atoms with van der Waals surface area (Å²) in [5, 5.41) is 0. The Morgan fingerprint density at radius 3 is 2.00 bits per heavy atom. The molecule has 1 heterocycles. The minimum Gasteiger partial charge on any atom is -0.492 e. The quantitative estimate of drug-likeness (QED) is 0.512. The van der Waals surface area contributed by atoms with Gasteiger partial charge in [0, 0.05) is 26.2 Å². The van der Waals surface area contributed by atoms with Gasteiger partial charge in [0.2, 0.25) is 0 Å². The second-order valence-electron chi connectivity index (χ2n) is 7.62. The van der Waals surface area contributed by atoms with Crippen molar-refractivity contribution in [1.82, 2.24) is 0 Å². The van der Waals surface area contributed by atoms with Crippen molar-refractivity contribution in [3.05, 3.63) is 11.3 Å². The Balaban J connectivity index is 3.30. The first-order valence-corrected chi connectivity index (χ1v) is 8.22. The number of hydrogen-bond donors (Lipinski definition) is 0. The number of halogens is 1. The molecule has 3 heteroatoms. The van der Waals surface area contributed by atoms with E-state index in [1.165, 1.54) is 0 Å². The third kappa shape index (κ3) is 3.53. The highest BCUT2D eigenvalue weighted by Crippen LogP contribution is 2.45. The highest BCUT2D eigenvalue weighted by Gasteiger charge is 2.45. The summed E-state index contributed by atoms with van der Waals surface area (Å²) in [4.78, 5) is 12.8. The van der Waals surface area contributed by atoms with Crippen LogP contribution in [0, 0.1) is 16.7 Å². The zero-order valence-corrected chi connectivity index (χ0v) is 15.6. The van der Waals surface area contributed by atoms with Gasteiger partial charge in [-0.2, -0.15) is 0 Å². The fraction of sp³-hybridized carbons (Fsp3) is 0.812. The molecule has 0 aromatic rings. The number of allylic oxidation sites excluding steroid dienone is 1. The molecule has 0 amide bonds. The fourth-order valence-corrected chi connectivity index (χ4v) is 3.23. The van der Waals surface area contributed by atoms with Gasteiger partial charge in [0.05, 0.1) is 0 Å². The third-order valence-electron chi connectivity index (χ3n) is 3.51. The van der Waals surface area contributed by atoms with Crippen LogP contribution < -0.4 is 0 Å². The van der Waals surface area contributed by atoms with Crippen LogP contribution in [0.2, 0.25) is 0 Å². The van der Waals surface area contributed by atoms with Crippen LogP contribution in [0.5, 0.6) is 0 Å². The number of ether oxygens (including phenoxy) is 1. The average Bonchev–Trinajstić information content (AvgIpc) is 2.52. The summed E-state index contributed by atoms with van der Waals surface area (Å²) in [6, 6.07) is 0. The molecule has 19 heavy (non-hydrogen) atoms. The lowest BCUT2D eigenvalue weighted by Gasteiger charge is -2.25. The lowest BCUT2D eigenvalue weighted by atomic mass is 9.77. The SMILES string of the molecule is C[C@@H]1C(C(=O)C(C)(C)C)=C(C(C)(C)C)O[C@@H]1[C@@H](C)I. The van der Waals surface area contributed by atoms with Gasteiger partial charge in [-0.1, -0.05) is 71.1 Å². The van der Waals surface area contributed by atoms with E-state index in [4.69, 9.17) is 4.74 Å². The summed E-state index contributed by atoms with van der Waals surface area (Å²) >= 11 is 2.39. The van der Waals surface area contributed by atoms with Gasteiger partial charge >= 0.3 is 0 Å². The van der Waals surface area contributed by atoms with E-state index in [-0.39, 0.29) is 28.6 Å². The molecule has 2 nitrogen and oxygen atoms in total. The molecule has 0 unspecified atom stereocenters. The molecule has 1 aliphatic heterocycles. The van der Waals surface area contributed by atoms with Gasteiger partial charge in [-0.15, -0.1) is 0 Å². The predicted molar refractivity (Wildman–Crippen MR) is 88.5 cm³/mol. The summed E-state index contributed by atoms with van der Waals surface area (Å²) in [6.07, 6.45) is 0.108. The fourth-order valence-electron chi connectivity index (χ4n) is 2.46. The molecule has 0 bridgehead atoms. The molecule has 0 N–H and O–H groups in total. The first kappa shape index (κ1) is 17.0. The molecule has 110 valence electrons. The molecule has 0 radical (unpaired) electrons. The van der Waals surface area contributed by atoms with Gasteiger partial charge in [-0.05, 0) is 6.92 Å². The number of alkyl halides is 1. The van der Waals surface area contributed by atoms with E-state index in [1.54, 1.807) is 0 Å². The van der Waals surface area contributed by atoms with Crippen molar-refractivity contribution in [2.24, 2.45) is 16.7 Å². The zero-order chi connectivity index (χ0) is 15.2. The third-order valence-corrected chi connectivity index (χ3v) is 4.22. The number of ketones is 1. The van der Waals surface area contributed by atoms with E-state index in [1.807, 2.05) is 20.8 Å². The van der Waals surface area contributed by atoms with Gasteiger partial charge in [0.1, 0.15) is 11.9 Å². The number of hydrogen-bond acceptors (Lipinski definition) is 2. The normalized spacial score (nSPS) is 26.4. The Labute approximate surface area is 131 Å². The van der Waals surface area contributed by atoms with E-state index < -0.39 is 0 Å². The summed E-state index contributed by atoms with van der Waals surface area (Å²) in [6.45, 7) is 16.6. The first-order valence-electron chi connectivity index (χ1n) is 6.97. The molecule has 0 saturated carbocycles. The monoisotopic (exact) mass is 378 g/mol. The van der Waals surface area contributed by atoms with Crippen molar-refractivity contribution in [2.75, 3.05) is 0 Å². The number of rotatable bonds is 2. The Kier molecular flexibility index (Phi) is 4.81. The molecule has 0 fully saturated rings. The molecule has 0 saturated heterocycles. The topological polar surface area (TPSA) is 26.3 Å². The van der Waals surface area contributed by atoms with Gasteiger partial charge < -0.3 is 4.74 Å². The zero-order valence-electron chi connectivity index (χ0n) is 13.4. The smallest absolute Gasteiger partial charge is 0.167 e. The minimum atomic E-state index is -0.354. The average molecular weight is 378 g/mol. The molecule has 0 aromatic heterocycles. The molecular weight excluding hydrogens is 351 g/mol. The van der Waals surface area contributed by atoms with Crippen LogP contribution in [0.3, 0.4) is 0 Å². The Hall–Kier alpha value is -0.0600. The lowest BCUT2D eigenvalue weighted by Crippen LogP contribution is -2.30. The van der Waals surface area contributed by atoms with Gasteiger partial charge in [0.15, 0.2) is 5.78 Å². The van der Waals surface area contributed by atoms with E-state index in [9.17, 15) is 4.79 Å². The van der Waals surface area contributed by atoms with Gasteiger partial charge in [-0.3, -0.25) is 4.79 Å². The van der Waals surface area contributed by atoms with E-state index >= 15 is 0 Å². The molecule has 0 aliphatic carbocycles. The molecule has 1 rings (SSSR count). The van der Waals surface area contributed by atoms with Crippen LogP contribution in [0.1, 0.15) is 55.4 Å². The highest BCUT2D eigenvalue weighted by molar-refractivity contribution is 14.1. The second kappa shape index (κ2) is 5.38. The maximum absolute atomic E-state index is 12.8. The van der Waals surface area contributed by atoms with Gasteiger partial charge in [0.25, 0.3) is 0 Å². The number of carbonyl (C=O) groups is 1. The molecule has 3 atom stereocenters. The van der Waals surface area contributed by atoms with Crippen LogP contribution in [-0.4, -0.2) is 15.8 Å². The van der Waals surface area contributed by atoms with Crippen LogP contribution in [0.4, 0.5) is 0 Å². The molecule has 0 aromatic carbocycles. The maximum Gasteiger partial charge on any atom is 0.167 e. The molecule has 0 spiro atoms. The van der Waals surface area contributed by atoms with Crippen molar-refractivity contribution in [3.8, 4) is 0 Å². The van der Waals surface area contributed by atoms with Gasteiger partial charge in [-0.25, -0.2) is 0 Å². The van der Waals surface area contributed by atoms with Crippen LogP contribution in [-0.2, 0) is 9.53 Å². The summed E-state index contributed by atoms with van der Waals surface area (Å²) in [7, 11) is 0. The molecular formula is C16H27IO2. The standard InChI is InChI=1S/C16H27IO2/c1-9-11(13(18)15(3,4)5)14(16(6,7)8)19-12(9)10(2)17/h9-10,12H,1-8H3/t9-,10-,12+/m1/s1. The van der Waals surface area contributed by atoms with E-state index in [0.29, 0.717) is 3.92 Å². The molecule has 1 aliphatic rings. The van der Waals surface area contributed by atoms with Crippen molar-refractivity contribution < 1.29 is 9.53 Å². The lowest BCUT2D eigenvalue weighted by molar-refractivity contribution is -0.123. The Bertz CT molecular complexity index is 394. The summed E-state index contributed by atoms with van der Waals surface area (Å²) in [5.74, 6) is 1.30. The predicted octanol–water partition coefficient (Wildman–Crippen LogP) is 4.76. The summed E-state index contributed by atoms with van der Waals surface area (Å²) < 4.78 is 6.56. The van der Waals surface area contributed by atoms with Crippen LogP contribution in [0.25, 0.3) is 0 Å². The number of carbonyl (C=O) groups excluding carboxylic acids is 1. The number of Topliss-reactive ketones (excluding diaryl/α,β-unsaturated/α-hetero) is 1. The van der Waals surface area contributed by atoms with Crippen molar-refractivity contribution in [2.45, 2.75) is 65.4 Å². The van der Waals surface area contributed by atoms with Crippen LogP contribution in [0.15, 0.2) is 11.3 Å². The van der Waals surface area contributed by atoms with Crippen molar-refractivity contribution in [1.29, 1.82) is 0 Å². The maximum atomic E-state index is 12.8. The van der Waals surface area contributed by atoms with E-state index in [0.717, 1.165) is 11.3 Å². The van der Waals surface area contributed by atoms with Crippen LogP contribution >= 0.6 is 22.6 Å². The minimum absolute atomic E-state index is 0.108. The van der Waals surface area contributed by atoms with Crippen molar-refractivity contribution in [3.63, 3.8) is 0 Å². The van der Waals surface area contributed by atoms with E-state index in [2.05, 4.69) is 57.2 Å². The second-order valence-corrected chi connectivity index (χ2v) is 9.59.